The fraction of sp³-hybridized carbons (Fsp3) is 0.111. The van der Waals surface area contributed by atoms with Gasteiger partial charge in [-0.2, -0.15) is 13.2 Å². The zero-order chi connectivity index (χ0) is 18.9. The van der Waals surface area contributed by atoms with Crippen LogP contribution in [0.25, 0.3) is 10.9 Å². The molecule has 8 heteroatoms. The van der Waals surface area contributed by atoms with E-state index in [0.29, 0.717) is 27.5 Å². The van der Waals surface area contributed by atoms with E-state index in [1.807, 2.05) is 0 Å². The number of rotatable bonds is 3. The van der Waals surface area contributed by atoms with Gasteiger partial charge in [-0.25, -0.2) is 0 Å². The number of fused-ring (bicyclic) bond motifs is 1. The van der Waals surface area contributed by atoms with Crippen molar-refractivity contribution in [3.8, 4) is 0 Å². The van der Waals surface area contributed by atoms with Crippen LogP contribution >= 0.6 is 11.6 Å². The molecule has 0 bridgehead atoms. The second-order valence-electron chi connectivity index (χ2n) is 5.56. The summed E-state index contributed by atoms with van der Waals surface area (Å²) in [6.45, 7) is 1.37. The second kappa shape index (κ2) is 6.84. The van der Waals surface area contributed by atoms with E-state index in [-0.39, 0.29) is 11.4 Å². The molecule has 0 aliphatic heterocycles. The van der Waals surface area contributed by atoms with Gasteiger partial charge in [0, 0.05) is 29.9 Å². The molecule has 0 unspecified atom stereocenters. The number of nitrogens with zero attached hydrogens (tertiary/aromatic N) is 1. The Bertz CT molecular complexity index is 989. The smallest absolute Gasteiger partial charge is 0.354 e. The number of hydrogen-bond acceptors (Lipinski definition) is 3. The molecule has 0 aliphatic carbocycles. The van der Waals surface area contributed by atoms with E-state index < -0.39 is 11.7 Å². The van der Waals surface area contributed by atoms with E-state index in [2.05, 4.69) is 15.6 Å². The van der Waals surface area contributed by atoms with Gasteiger partial charge in [0.2, 0.25) is 5.91 Å². The molecular weight excluding hydrogens is 367 g/mol. The first-order valence-corrected chi connectivity index (χ1v) is 7.92. The van der Waals surface area contributed by atoms with Crippen molar-refractivity contribution < 1.29 is 18.0 Å². The van der Waals surface area contributed by atoms with Crippen LogP contribution in [-0.4, -0.2) is 10.9 Å². The number of nitrogens with one attached hydrogen (secondary N) is 2. The summed E-state index contributed by atoms with van der Waals surface area (Å²) < 4.78 is 39.6. The van der Waals surface area contributed by atoms with Crippen LogP contribution < -0.4 is 10.6 Å². The van der Waals surface area contributed by atoms with Crippen LogP contribution in [0, 0.1) is 0 Å². The van der Waals surface area contributed by atoms with Crippen LogP contribution in [0.15, 0.2) is 48.7 Å². The Kier molecular flexibility index (Phi) is 4.73. The molecule has 0 saturated carbocycles. The minimum Gasteiger partial charge on any atom is -0.354 e. The third-order valence-corrected chi connectivity index (χ3v) is 3.96. The Morgan fingerprint density at radius 1 is 1.12 bits per heavy atom. The first-order valence-electron chi connectivity index (χ1n) is 7.55. The lowest BCUT2D eigenvalue weighted by molar-refractivity contribution is -0.136. The van der Waals surface area contributed by atoms with Crippen molar-refractivity contribution in [1.29, 1.82) is 0 Å². The number of benzene rings is 2. The fourth-order valence-electron chi connectivity index (χ4n) is 2.56. The highest BCUT2D eigenvalue weighted by Gasteiger charge is 2.33. The lowest BCUT2D eigenvalue weighted by Gasteiger charge is -2.15. The van der Waals surface area contributed by atoms with Gasteiger partial charge in [0.25, 0.3) is 0 Å². The van der Waals surface area contributed by atoms with E-state index in [1.165, 1.54) is 19.2 Å². The van der Waals surface area contributed by atoms with Gasteiger partial charge in [0.1, 0.15) is 0 Å². The molecule has 0 radical (unpaired) electrons. The number of amides is 1. The molecule has 3 rings (SSSR count). The summed E-state index contributed by atoms with van der Waals surface area (Å²) in [7, 11) is 0. The van der Waals surface area contributed by atoms with E-state index >= 15 is 0 Å². The topological polar surface area (TPSA) is 54.0 Å². The third-order valence-electron chi connectivity index (χ3n) is 3.63. The number of aromatic nitrogens is 1. The summed E-state index contributed by atoms with van der Waals surface area (Å²) >= 11 is 6.17. The van der Waals surface area contributed by atoms with Crippen molar-refractivity contribution >= 4 is 45.5 Å². The predicted octanol–water partition coefficient (Wildman–Crippen LogP) is 5.61. The first-order chi connectivity index (χ1) is 12.3. The zero-order valence-corrected chi connectivity index (χ0v) is 14.2. The van der Waals surface area contributed by atoms with Crippen molar-refractivity contribution in [2.24, 2.45) is 0 Å². The highest BCUT2D eigenvalue weighted by Crippen LogP contribution is 2.37. The maximum atomic E-state index is 13.2. The minimum atomic E-state index is -4.51. The van der Waals surface area contributed by atoms with Gasteiger partial charge in [-0.3, -0.25) is 9.78 Å². The molecule has 26 heavy (non-hydrogen) atoms. The van der Waals surface area contributed by atoms with Crippen LogP contribution in [0.4, 0.5) is 30.2 Å². The largest absolute Gasteiger partial charge is 0.418 e. The molecule has 0 atom stereocenters. The van der Waals surface area contributed by atoms with Crippen LogP contribution in [0.1, 0.15) is 12.5 Å². The van der Waals surface area contributed by atoms with Crippen LogP contribution in [0.5, 0.6) is 0 Å². The van der Waals surface area contributed by atoms with Gasteiger partial charge >= 0.3 is 6.18 Å². The summed E-state index contributed by atoms with van der Waals surface area (Å²) in [5.74, 6) is -0.248. The standard InChI is InChI=1S/C18H13ClF3N3O/c1-10(26)24-11-5-6-14(19)16(9-11)25-15-7-8-23-17-12(15)3-2-4-13(17)18(20,21)22/h2-9H,1H3,(H,23,25)(H,24,26). The van der Waals surface area contributed by atoms with Gasteiger partial charge in [0.05, 0.1) is 21.8 Å². The molecule has 2 N–H and O–H groups in total. The van der Waals surface area contributed by atoms with Gasteiger partial charge in [-0.15, -0.1) is 0 Å². The molecule has 4 nitrogen and oxygen atoms in total. The van der Waals surface area contributed by atoms with Crippen molar-refractivity contribution in [2.75, 3.05) is 10.6 Å². The van der Waals surface area contributed by atoms with E-state index in [0.717, 1.165) is 6.07 Å². The zero-order valence-electron chi connectivity index (χ0n) is 13.5. The van der Waals surface area contributed by atoms with Crippen molar-refractivity contribution in [2.45, 2.75) is 13.1 Å². The summed E-state index contributed by atoms with van der Waals surface area (Å²) in [5.41, 5.74) is 0.417. The van der Waals surface area contributed by atoms with E-state index in [1.54, 1.807) is 30.3 Å². The SMILES string of the molecule is CC(=O)Nc1ccc(Cl)c(Nc2ccnc3c(C(F)(F)F)cccc23)c1. The van der Waals surface area contributed by atoms with Crippen LogP contribution in [0.3, 0.4) is 0 Å². The van der Waals surface area contributed by atoms with Gasteiger partial charge in [0.15, 0.2) is 0 Å². The number of carbonyl (C=O) groups is 1. The second-order valence-corrected chi connectivity index (χ2v) is 5.97. The van der Waals surface area contributed by atoms with Crippen LogP contribution in [-0.2, 0) is 11.0 Å². The summed E-state index contributed by atoms with van der Waals surface area (Å²) in [6, 6.07) is 10.2. The number of halogens is 4. The maximum Gasteiger partial charge on any atom is 0.418 e. The molecular formula is C18H13ClF3N3O. The Morgan fingerprint density at radius 3 is 2.58 bits per heavy atom. The van der Waals surface area contributed by atoms with Crippen molar-refractivity contribution in [3.05, 3.63) is 59.2 Å². The highest BCUT2D eigenvalue weighted by molar-refractivity contribution is 6.33. The minimum absolute atomic E-state index is 0.154. The molecule has 1 aromatic heterocycles. The van der Waals surface area contributed by atoms with E-state index in [9.17, 15) is 18.0 Å². The average molecular weight is 380 g/mol. The van der Waals surface area contributed by atoms with Gasteiger partial charge in [-0.05, 0) is 30.3 Å². The van der Waals surface area contributed by atoms with Crippen molar-refractivity contribution in [1.82, 2.24) is 4.98 Å². The number of pyridine rings is 1. The molecule has 0 fully saturated rings. The van der Waals surface area contributed by atoms with Gasteiger partial charge < -0.3 is 10.6 Å². The fourth-order valence-corrected chi connectivity index (χ4v) is 2.73. The summed E-state index contributed by atoms with van der Waals surface area (Å²) in [6.07, 6.45) is -3.21. The van der Waals surface area contributed by atoms with Gasteiger partial charge in [-0.1, -0.05) is 23.7 Å². The number of hydrogen-bond donors (Lipinski definition) is 2. The third kappa shape index (κ3) is 3.72. The number of anilines is 3. The molecule has 2 aromatic carbocycles. The first kappa shape index (κ1) is 18.0. The molecule has 0 aliphatic rings. The average Bonchev–Trinajstić information content (AvgIpc) is 2.56. The quantitative estimate of drug-likeness (QED) is 0.622. The van der Waals surface area contributed by atoms with E-state index in [4.69, 9.17) is 11.6 Å². The monoisotopic (exact) mass is 379 g/mol. The summed E-state index contributed by atoms with van der Waals surface area (Å²) in [4.78, 5) is 15.1. The molecule has 3 aromatic rings. The molecule has 134 valence electrons. The molecule has 0 spiro atoms. The lowest BCUT2D eigenvalue weighted by atomic mass is 10.1. The lowest BCUT2D eigenvalue weighted by Crippen LogP contribution is -2.07. The Morgan fingerprint density at radius 2 is 1.88 bits per heavy atom. The highest BCUT2D eigenvalue weighted by atomic mass is 35.5. The molecule has 1 heterocycles. The Balaban J connectivity index is 2.06. The Hall–Kier alpha value is -2.80. The number of para-hydroxylation sites is 1. The number of carbonyl (C=O) groups excluding carboxylic acids is 1. The van der Waals surface area contributed by atoms with Crippen LogP contribution in [0.2, 0.25) is 5.02 Å². The molecule has 1 amide bonds. The normalized spacial score (nSPS) is 11.4. The molecule has 0 saturated heterocycles. The Labute approximate surface area is 152 Å². The predicted molar refractivity (Wildman–Crippen MR) is 95.8 cm³/mol. The summed E-state index contributed by atoms with van der Waals surface area (Å²) in [5, 5.41) is 6.31. The maximum absolute atomic E-state index is 13.2. The number of alkyl halides is 3. The van der Waals surface area contributed by atoms with Crippen molar-refractivity contribution in [3.63, 3.8) is 0 Å².